The number of thiophene rings is 1. The summed E-state index contributed by atoms with van der Waals surface area (Å²) >= 11 is 18.5. The number of thiocarbonyl (C=S) groups is 1. The fourth-order valence-electron chi connectivity index (χ4n) is 2.16. The third-order valence-electron chi connectivity index (χ3n) is 3.36. The molecular weight excluding hydrogens is 445 g/mol. The molecule has 0 unspecified atom stereocenters. The van der Waals surface area contributed by atoms with Crippen molar-refractivity contribution in [3.05, 3.63) is 70.0 Å². The Labute approximate surface area is 176 Å². The Bertz CT molecular complexity index is 1070. The van der Waals surface area contributed by atoms with Gasteiger partial charge in [0.25, 0.3) is 10.0 Å². The van der Waals surface area contributed by atoms with Crippen molar-refractivity contribution >= 4 is 79.0 Å². The normalized spacial score (nSPS) is 11.0. The van der Waals surface area contributed by atoms with E-state index in [0.717, 1.165) is 11.3 Å². The average Bonchev–Trinajstić information content (AvgIpc) is 3.15. The standard InChI is InChI=1S/C17H13Cl2N3O2S3/c18-11-7-8-13(12(19)10-11)20-17(25)21-14-4-1-2-5-15(14)22-27(23,24)16-6-3-9-26-16/h1-10,22H,(H2,20,21,25). The van der Waals surface area contributed by atoms with Crippen molar-refractivity contribution in [2.45, 2.75) is 4.21 Å². The Hall–Kier alpha value is -1.84. The van der Waals surface area contributed by atoms with Gasteiger partial charge in [-0.1, -0.05) is 41.4 Å². The molecule has 140 valence electrons. The summed E-state index contributed by atoms with van der Waals surface area (Å²) in [5, 5.41) is 8.81. The van der Waals surface area contributed by atoms with Crippen molar-refractivity contribution in [1.82, 2.24) is 0 Å². The lowest BCUT2D eigenvalue weighted by Gasteiger charge is -2.15. The largest absolute Gasteiger partial charge is 0.331 e. The zero-order chi connectivity index (χ0) is 19.4. The van der Waals surface area contributed by atoms with Crippen LogP contribution in [0.15, 0.2) is 64.2 Å². The summed E-state index contributed by atoms with van der Waals surface area (Å²) in [5.74, 6) is 0. The summed E-state index contributed by atoms with van der Waals surface area (Å²) in [6.07, 6.45) is 0. The summed E-state index contributed by atoms with van der Waals surface area (Å²) in [6, 6.07) is 15.0. The molecule has 0 radical (unpaired) electrons. The second kappa shape index (κ2) is 8.45. The maximum Gasteiger partial charge on any atom is 0.271 e. The monoisotopic (exact) mass is 457 g/mol. The minimum absolute atomic E-state index is 0.228. The first kappa shape index (κ1) is 19.9. The first-order valence-corrected chi connectivity index (χ1v) is 11.1. The van der Waals surface area contributed by atoms with Gasteiger partial charge in [-0.05, 0) is 54.0 Å². The quantitative estimate of drug-likeness (QED) is 0.430. The van der Waals surface area contributed by atoms with Gasteiger partial charge in [0.15, 0.2) is 5.11 Å². The number of rotatable bonds is 5. The summed E-state index contributed by atoms with van der Waals surface area (Å²) in [4.78, 5) is 0. The van der Waals surface area contributed by atoms with E-state index in [2.05, 4.69) is 15.4 Å². The van der Waals surface area contributed by atoms with Crippen LogP contribution in [-0.4, -0.2) is 13.5 Å². The van der Waals surface area contributed by atoms with Crippen LogP contribution >= 0.6 is 46.8 Å². The summed E-state index contributed by atoms with van der Waals surface area (Å²) in [6.45, 7) is 0. The van der Waals surface area contributed by atoms with E-state index in [1.807, 2.05) is 0 Å². The van der Waals surface area contributed by atoms with Crippen molar-refractivity contribution in [3.8, 4) is 0 Å². The third-order valence-corrected chi connectivity index (χ3v) is 6.87. The van der Waals surface area contributed by atoms with Crippen LogP contribution in [0.3, 0.4) is 0 Å². The fourth-order valence-corrected chi connectivity index (χ4v) is 4.91. The van der Waals surface area contributed by atoms with Gasteiger partial charge in [0.2, 0.25) is 0 Å². The highest BCUT2D eigenvalue weighted by Gasteiger charge is 2.17. The number of nitrogens with one attached hydrogen (secondary N) is 3. The van der Waals surface area contributed by atoms with Crippen LogP contribution in [0.4, 0.5) is 17.1 Å². The van der Waals surface area contributed by atoms with E-state index in [4.69, 9.17) is 35.4 Å². The van der Waals surface area contributed by atoms with Gasteiger partial charge in [-0.15, -0.1) is 11.3 Å². The molecule has 0 atom stereocenters. The maximum absolute atomic E-state index is 12.5. The van der Waals surface area contributed by atoms with Crippen LogP contribution in [0, 0.1) is 0 Å². The molecule has 0 spiro atoms. The van der Waals surface area contributed by atoms with Crippen LogP contribution in [-0.2, 0) is 10.0 Å². The first-order chi connectivity index (χ1) is 12.8. The van der Waals surface area contributed by atoms with E-state index in [-0.39, 0.29) is 9.32 Å². The van der Waals surface area contributed by atoms with Gasteiger partial charge in [-0.2, -0.15) is 0 Å². The number of hydrogen-bond acceptors (Lipinski definition) is 4. The highest BCUT2D eigenvalue weighted by Crippen LogP contribution is 2.28. The minimum Gasteiger partial charge on any atom is -0.331 e. The highest BCUT2D eigenvalue weighted by atomic mass is 35.5. The zero-order valence-electron chi connectivity index (χ0n) is 13.6. The van der Waals surface area contributed by atoms with Gasteiger partial charge in [0.05, 0.1) is 22.1 Å². The Morgan fingerprint density at radius 2 is 1.63 bits per heavy atom. The molecule has 0 amide bonds. The Balaban J connectivity index is 1.77. The first-order valence-electron chi connectivity index (χ1n) is 7.53. The van der Waals surface area contributed by atoms with Gasteiger partial charge in [0.1, 0.15) is 4.21 Å². The highest BCUT2D eigenvalue weighted by molar-refractivity contribution is 7.94. The van der Waals surface area contributed by atoms with Crippen LogP contribution < -0.4 is 15.4 Å². The predicted molar refractivity (Wildman–Crippen MR) is 118 cm³/mol. The average molecular weight is 458 g/mol. The maximum atomic E-state index is 12.5. The molecule has 0 fully saturated rings. The molecule has 27 heavy (non-hydrogen) atoms. The van der Waals surface area contributed by atoms with Crippen molar-refractivity contribution in [3.63, 3.8) is 0 Å². The number of para-hydroxylation sites is 2. The molecule has 3 rings (SSSR count). The summed E-state index contributed by atoms with van der Waals surface area (Å²) < 4.78 is 27.7. The summed E-state index contributed by atoms with van der Waals surface area (Å²) in [7, 11) is -3.67. The molecule has 0 saturated heterocycles. The Kier molecular flexibility index (Phi) is 6.23. The molecule has 2 aromatic carbocycles. The molecule has 10 heteroatoms. The fraction of sp³-hybridized carbons (Fsp3) is 0. The minimum atomic E-state index is -3.67. The van der Waals surface area contributed by atoms with Crippen LogP contribution in [0.2, 0.25) is 10.0 Å². The van der Waals surface area contributed by atoms with Crippen molar-refractivity contribution in [2.75, 3.05) is 15.4 Å². The lowest BCUT2D eigenvalue weighted by Crippen LogP contribution is -2.21. The van der Waals surface area contributed by atoms with E-state index in [1.165, 1.54) is 6.07 Å². The molecule has 0 aliphatic carbocycles. The van der Waals surface area contributed by atoms with E-state index in [0.29, 0.717) is 27.1 Å². The van der Waals surface area contributed by atoms with E-state index in [9.17, 15) is 8.42 Å². The zero-order valence-corrected chi connectivity index (χ0v) is 17.5. The number of anilines is 3. The molecule has 0 aliphatic heterocycles. The topological polar surface area (TPSA) is 70.2 Å². The third kappa shape index (κ3) is 5.12. The Morgan fingerprint density at radius 3 is 2.30 bits per heavy atom. The SMILES string of the molecule is O=S(=O)(Nc1ccccc1NC(=S)Nc1ccc(Cl)cc1Cl)c1cccs1. The predicted octanol–water partition coefficient (Wildman–Crippen LogP) is 5.66. The molecular formula is C17H13Cl2N3O2S3. The smallest absolute Gasteiger partial charge is 0.271 e. The van der Waals surface area contributed by atoms with Gasteiger partial charge in [0, 0.05) is 5.02 Å². The van der Waals surface area contributed by atoms with E-state index in [1.54, 1.807) is 53.9 Å². The molecule has 0 saturated carbocycles. The number of hydrogen-bond donors (Lipinski definition) is 3. The van der Waals surface area contributed by atoms with Crippen LogP contribution in [0.25, 0.3) is 0 Å². The second-order valence-corrected chi connectivity index (χ2v) is 9.40. The molecule has 1 heterocycles. The van der Waals surface area contributed by atoms with Crippen molar-refractivity contribution in [2.24, 2.45) is 0 Å². The van der Waals surface area contributed by atoms with Gasteiger partial charge >= 0.3 is 0 Å². The lowest BCUT2D eigenvalue weighted by molar-refractivity contribution is 0.603. The Morgan fingerprint density at radius 1 is 0.926 bits per heavy atom. The molecule has 1 aromatic heterocycles. The van der Waals surface area contributed by atoms with Crippen molar-refractivity contribution < 1.29 is 8.42 Å². The molecule has 0 bridgehead atoms. The second-order valence-electron chi connectivity index (χ2n) is 5.29. The van der Waals surface area contributed by atoms with E-state index < -0.39 is 10.0 Å². The molecule has 0 aliphatic rings. The molecule has 5 nitrogen and oxygen atoms in total. The molecule has 3 N–H and O–H groups in total. The van der Waals surface area contributed by atoms with Gasteiger partial charge in [-0.3, -0.25) is 4.72 Å². The number of sulfonamides is 1. The van der Waals surface area contributed by atoms with Gasteiger partial charge in [-0.25, -0.2) is 8.42 Å². The summed E-state index contributed by atoms with van der Waals surface area (Å²) in [5.41, 5.74) is 1.45. The number of benzene rings is 2. The van der Waals surface area contributed by atoms with Crippen molar-refractivity contribution in [1.29, 1.82) is 0 Å². The molecule has 3 aromatic rings. The van der Waals surface area contributed by atoms with Gasteiger partial charge < -0.3 is 10.6 Å². The number of halogens is 2. The van der Waals surface area contributed by atoms with E-state index >= 15 is 0 Å². The van der Waals surface area contributed by atoms with Crippen LogP contribution in [0.5, 0.6) is 0 Å². The lowest BCUT2D eigenvalue weighted by atomic mass is 10.3. The van der Waals surface area contributed by atoms with Crippen LogP contribution in [0.1, 0.15) is 0 Å².